The molecule has 0 spiro atoms. The maximum Gasteiger partial charge on any atom is 0.173 e. The van der Waals surface area contributed by atoms with E-state index in [0.717, 1.165) is 37.0 Å². The molecule has 94 valence electrons. The average Bonchev–Trinajstić information content (AvgIpc) is 2.38. The second kappa shape index (κ2) is 8.03. The number of anilines is 1. The summed E-state index contributed by atoms with van der Waals surface area (Å²) in [5.41, 5.74) is 1.09. The lowest BCUT2D eigenvalue weighted by atomic mass is 10.3. The first-order valence-electron chi connectivity index (χ1n) is 5.90. The zero-order chi connectivity index (χ0) is 12.5. The smallest absolute Gasteiger partial charge is 0.173 e. The molecule has 1 aromatic rings. The number of thiocarbonyl (C=S) groups is 1. The van der Waals surface area contributed by atoms with Crippen LogP contribution in [0.1, 0.15) is 13.3 Å². The molecule has 4 heteroatoms. The highest BCUT2D eigenvalue weighted by Crippen LogP contribution is 2.10. The van der Waals surface area contributed by atoms with Gasteiger partial charge in [0.05, 0.1) is 0 Å². The van der Waals surface area contributed by atoms with E-state index in [4.69, 9.17) is 17.0 Å². The van der Waals surface area contributed by atoms with Crippen molar-refractivity contribution in [3.05, 3.63) is 30.3 Å². The van der Waals surface area contributed by atoms with E-state index >= 15 is 0 Å². The van der Waals surface area contributed by atoms with Crippen LogP contribution in [-0.2, 0) is 4.74 Å². The molecule has 0 aliphatic rings. The van der Waals surface area contributed by atoms with E-state index in [1.807, 2.05) is 49.2 Å². The zero-order valence-corrected chi connectivity index (χ0v) is 11.3. The fraction of sp³-hybridized carbons (Fsp3) is 0.462. The van der Waals surface area contributed by atoms with Gasteiger partial charge < -0.3 is 15.0 Å². The molecule has 0 radical (unpaired) electrons. The van der Waals surface area contributed by atoms with Crippen LogP contribution in [0.15, 0.2) is 30.3 Å². The van der Waals surface area contributed by atoms with Crippen molar-refractivity contribution < 1.29 is 4.74 Å². The molecule has 3 nitrogen and oxygen atoms in total. The predicted octanol–water partition coefficient (Wildman–Crippen LogP) is 2.42. The van der Waals surface area contributed by atoms with Gasteiger partial charge in [0.2, 0.25) is 0 Å². The van der Waals surface area contributed by atoms with Gasteiger partial charge in [-0.3, -0.25) is 0 Å². The minimum atomic E-state index is 0.743. The number of hydrogen-bond acceptors (Lipinski definition) is 2. The Morgan fingerprint density at radius 2 is 2.06 bits per heavy atom. The van der Waals surface area contributed by atoms with Crippen molar-refractivity contribution >= 4 is 23.0 Å². The number of hydrogen-bond donors (Lipinski definition) is 1. The molecule has 1 aromatic carbocycles. The van der Waals surface area contributed by atoms with Gasteiger partial charge in [0.15, 0.2) is 5.11 Å². The number of para-hydroxylation sites is 1. The summed E-state index contributed by atoms with van der Waals surface area (Å²) in [7, 11) is 1.97. The normalized spacial score (nSPS) is 10.0. The van der Waals surface area contributed by atoms with Crippen LogP contribution in [-0.4, -0.2) is 31.9 Å². The number of nitrogens with zero attached hydrogens (tertiary/aromatic N) is 1. The molecule has 0 saturated carbocycles. The van der Waals surface area contributed by atoms with E-state index in [2.05, 4.69) is 5.32 Å². The molecule has 0 bridgehead atoms. The molecule has 1 rings (SSSR count). The summed E-state index contributed by atoms with van der Waals surface area (Å²) in [5.74, 6) is 0. The van der Waals surface area contributed by atoms with Crippen LogP contribution in [0, 0.1) is 0 Å². The Hall–Kier alpha value is -1.13. The lowest BCUT2D eigenvalue weighted by Crippen LogP contribution is -2.37. The number of rotatable bonds is 6. The molecule has 0 heterocycles. The summed E-state index contributed by atoms with van der Waals surface area (Å²) in [4.78, 5) is 1.97. The van der Waals surface area contributed by atoms with Crippen LogP contribution in [0.25, 0.3) is 0 Å². The third-order valence-electron chi connectivity index (χ3n) is 2.39. The van der Waals surface area contributed by atoms with Crippen LogP contribution < -0.4 is 10.2 Å². The maximum atomic E-state index is 5.31. The van der Waals surface area contributed by atoms with Crippen molar-refractivity contribution in [2.45, 2.75) is 13.3 Å². The standard InChI is InChI=1S/C13H20N2OS/c1-3-16-11-7-10-14-13(17)15(2)12-8-5-4-6-9-12/h4-6,8-9H,3,7,10-11H2,1-2H3,(H,14,17). The van der Waals surface area contributed by atoms with Crippen LogP contribution in [0.4, 0.5) is 5.69 Å². The number of nitrogens with one attached hydrogen (secondary N) is 1. The minimum absolute atomic E-state index is 0.743. The van der Waals surface area contributed by atoms with Gasteiger partial charge in [-0.2, -0.15) is 0 Å². The summed E-state index contributed by atoms with van der Waals surface area (Å²) in [5, 5.41) is 3.96. The number of ether oxygens (including phenoxy) is 1. The molecular formula is C13H20N2OS. The lowest BCUT2D eigenvalue weighted by molar-refractivity contribution is 0.146. The molecule has 0 aliphatic carbocycles. The van der Waals surface area contributed by atoms with Crippen molar-refractivity contribution in [3.63, 3.8) is 0 Å². The second-order valence-electron chi connectivity index (χ2n) is 3.68. The Morgan fingerprint density at radius 1 is 1.35 bits per heavy atom. The fourth-order valence-electron chi connectivity index (χ4n) is 1.40. The van der Waals surface area contributed by atoms with Crippen molar-refractivity contribution in [1.29, 1.82) is 0 Å². The van der Waals surface area contributed by atoms with E-state index in [1.54, 1.807) is 0 Å². The molecule has 0 atom stereocenters. The number of benzene rings is 1. The molecule has 17 heavy (non-hydrogen) atoms. The second-order valence-corrected chi connectivity index (χ2v) is 4.06. The monoisotopic (exact) mass is 252 g/mol. The van der Waals surface area contributed by atoms with E-state index < -0.39 is 0 Å². The van der Waals surface area contributed by atoms with Crippen molar-refractivity contribution in [1.82, 2.24) is 5.32 Å². The van der Waals surface area contributed by atoms with Crippen molar-refractivity contribution in [2.24, 2.45) is 0 Å². The van der Waals surface area contributed by atoms with E-state index in [9.17, 15) is 0 Å². The first-order chi connectivity index (χ1) is 8.25. The van der Waals surface area contributed by atoms with E-state index in [1.165, 1.54) is 0 Å². The van der Waals surface area contributed by atoms with Crippen LogP contribution in [0.5, 0.6) is 0 Å². The third-order valence-corrected chi connectivity index (χ3v) is 2.81. The summed E-state index contributed by atoms with van der Waals surface area (Å²) in [6.45, 7) is 4.40. The van der Waals surface area contributed by atoms with Gasteiger partial charge in [-0.05, 0) is 37.7 Å². The quantitative estimate of drug-likeness (QED) is 0.621. The first kappa shape index (κ1) is 13.9. The minimum Gasteiger partial charge on any atom is -0.382 e. The Bertz CT molecular complexity index is 329. The van der Waals surface area contributed by atoms with Crippen LogP contribution in [0.2, 0.25) is 0 Å². The average molecular weight is 252 g/mol. The molecule has 0 fully saturated rings. The molecule has 0 aliphatic heterocycles. The maximum absolute atomic E-state index is 5.31. The molecule has 0 aromatic heterocycles. The Kier molecular flexibility index (Phi) is 6.58. The summed E-state index contributed by atoms with van der Waals surface area (Å²) in [6.07, 6.45) is 0.969. The van der Waals surface area contributed by atoms with Gasteiger partial charge in [0, 0.05) is 32.5 Å². The third kappa shape index (κ3) is 5.15. The first-order valence-corrected chi connectivity index (χ1v) is 6.31. The SMILES string of the molecule is CCOCCCNC(=S)N(C)c1ccccc1. The van der Waals surface area contributed by atoms with Crippen molar-refractivity contribution in [3.8, 4) is 0 Å². The topological polar surface area (TPSA) is 24.5 Å². The van der Waals surface area contributed by atoms with Gasteiger partial charge >= 0.3 is 0 Å². The highest BCUT2D eigenvalue weighted by molar-refractivity contribution is 7.80. The molecular weight excluding hydrogens is 232 g/mol. The Labute approximate surface area is 109 Å². The van der Waals surface area contributed by atoms with Crippen molar-refractivity contribution in [2.75, 3.05) is 31.7 Å². The predicted molar refractivity (Wildman–Crippen MR) is 76.6 cm³/mol. The summed E-state index contributed by atoms with van der Waals surface area (Å²) in [6, 6.07) is 10.1. The van der Waals surface area contributed by atoms with Crippen LogP contribution >= 0.6 is 12.2 Å². The van der Waals surface area contributed by atoms with Gasteiger partial charge in [-0.25, -0.2) is 0 Å². The fourth-order valence-corrected chi connectivity index (χ4v) is 1.61. The Morgan fingerprint density at radius 3 is 2.71 bits per heavy atom. The largest absolute Gasteiger partial charge is 0.382 e. The summed E-state index contributed by atoms with van der Waals surface area (Å²) < 4.78 is 5.26. The highest BCUT2D eigenvalue weighted by atomic mass is 32.1. The molecule has 0 saturated heterocycles. The molecule has 0 amide bonds. The zero-order valence-electron chi connectivity index (χ0n) is 10.5. The molecule has 1 N–H and O–H groups in total. The summed E-state index contributed by atoms with van der Waals surface area (Å²) >= 11 is 5.31. The van der Waals surface area contributed by atoms with Gasteiger partial charge in [0.1, 0.15) is 0 Å². The Balaban J connectivity index is 2.28. The molecule has 0 unspecified atom stereocenters. The van der Waals surface area contributed by atoms with Gasteiger partial charge in [-0.15, -0.1) is 0 Å². The lowest BCUT2D eigenvalue weighted by Gasteiger charge is -2.21. The van der Waals surface area contributed by atoms with E-state index in [-0.39, 0.29) is 0 Å². The van der Waals surface area contributed by atoms with Gasteiger partial charge in [0.25, 0.3) is 0 Å². The van der Waals surface area contributed by atoms with Crippen LogP contribution in [0.3, 0.4) is 0 Å². The van der Waals surface area contributed by atoms with E-state index in [0.29, 0.717) is 0 Å². The van der Waals surface area contributed by atoms with Gasteiger partial charge in [-0.1, -0.05) is 18.2 Å². The highest BCUT2D eigenvalue weighted by Gasteiger charge is 2.04.